The van der Waals surface area contributed by atoms with E-state index in [9.17, 15) is 4.79 Å². The van der Waals surface area contributed by atoms with E-state index in [-0.39, 0.29) is 18.1 Å². The SMILES string of the molecule is C[C@@H]1CN(C(=O)C2(CN)CCOCC2)C[C@@H](C)O1. The van der Waals surface area contributed by atoms with Crippen LogP contribution >= 0.6 is 0 Å². The normalized spacial score (nSPS) is 32.3. The second-order valence-corrected chi connectivity index (χ2v) is 5.56. The first-order valence-electron chi connectivity index (χ1n) is 6.80. The van der Waals surface area contributed by atoms with Gasteiger partial charge in [-0.05, 0) is 26.7 Å². The fourth-order valence-corrected chi connectivity index (χ4v) is 2.95. The first kappa shape index (κ1) is 13.8. The van der Waals surface area contributed by atoms with Gasteiger partial charge >= 0.3 is 0 Å². The second kappa shape index (κ2) is 5.55. The number of amides is 1. The van der Waals surface area contributed by atoms with Crippen LogP contribution in [-0.4, -0.2) is 55.9 Å². The van der Waals surface area contributed by atoms with Crippen molar-refractivity contribution in [2.75, 3.05) is 32.8 Å². The Balaban J connectivity index is 2.08. The van der Waals surface area contributed by atoms with Crippen LogP contribution < -0.4 is 5.73 Å². The molecule has 2 aliphatic heterocycles. The zero-order chi connectivity index (χ0) is 13.2. The minimum Gasteiger partial charge on any atom is -0.381 e. The number of nitrogens with two attached hydrogens (primary N) is 1. The van der Waals surface area contributed by atoms with E-state index in [0.29, 0.717) is 32.8 Å². The Hall–Kier alpha value is -0.650. The molecular formula is C13H24N2O3. The summed E-state index contributed by atoms with van der Waals surface area (Å²) in [5.41, 5.74) is 5.47. The molecule has 0 radical (unpaired) electrons. The second-order valence-electron chi connectivity index (χ2n) is 5.56. The van der Waals surface area contributed by atoms with E-state index in [1.807, 2.05) is 18.7 Å². The monoisotopic (exact) mass is 256 g/mol. The molecule has 18 heavy (non-hydrogen) atoms. The van der Waals surface area contributed by atoms with Crippen LogP contribution in [-0.2, 0) is 14.3 Å². The van der Waals surface area contributed by atoms with Crippen LogP contribution in [0.4, 0.5) is 0 Å². The van der Waals surface area contributed by atoms with E-state index in [4.69, 9.17) is 15.2 Å². The molecule has 0 aliphatic carbocycles. The van der Waals surface area contributed by atoms with E-state index in [1.54, 1.807) is 0 Å². The van der Waals surface area contributed by atoms with Gasteiger partial charge < -0.3 is 20.1 Å². The minimum absolute atomic E-state index is 0.104. The maximum Gasteiger partial charge on any atom is 0.230 e. The van der Waals surface area contributed by atoms with Gasteiger partial charge in [0.25, 0.3) is 0 Å². The van der Waals surface area contributed by atoms with Crippen LogP contribution in [0.5, 0.6) is 0 Å². The van der Waals surface area contributed by atoms with E-state index in [1.165, 1.54) is 0 Å². The van der Waals surface area contributed by atoms with Crippen LogP contribution in [0.25, 0.3) is 0 Å². The third-order valence-electron chi connectivity index (χ3n) is 4.00. The highest BCUT2D eigenvalue weighted by atomic mass is 16.5. The standard InChI is InChI=1S/C13H24N2O3/c1-10-7-15(8-11(2)18-10)12(16)13(9-14)3-5-17-6-4-13/h10-11H,3-9,14H2,1-2H3/t10-,11-/m1/s1. The van der Waals surface area contributed by atoms with Crippen LogP contribution in [0, 0.1) is 5.41 Å². The molecule has 2 saturated heterocycles. The number of carbonyl (C=O) groups excluding carboxylic acids is 1. The van der Waals surface area contributed by atoms with Crippen molar-refractivity contribution in [2.24, 2.45) is 11.1 Å². The van der Waals surface area contributed by atoms with Crippen LogP contribution in [0.3, 0.4) is 0 Å². The average molecular weight is 256 g/mol. The van der Waals surface area contributed by atoms with Crippen molar-refractivity contribution in [3.05, 3.63) is 0 Å². The summed E-state index contributed by atoms with van der Waals surface area (Å²) in [4.78, 5) is 14.7. The summed E-state index contributed by atoms with van der Waals surface area (Å²) >= 11 is 0. The Morgan fingerprint density at radius 2 is 1.83 bits per heavy atom. The molecule has 2 rings (SSSR count). The molecule has 5 nitrogen and oxygen atoms in total. The molecule has 2 N–H and O–H groups in total. The van der Waals surface area contributed by atoms with Crippen LogP contribution in [0.15, 0.2) is 0 Å². The van der Waals surface area contributed by atoms with Gasteiger partial charge in [0.2, 0.25) is 5.91 Å². The maximum atomic E-state index is 12.7. The lowest BCUT2D eigenvalue weighted by Crippen LogP contribution is -2.56. The van der Waals surface area contributed by atoms with Crippen molar-refractivity contribution in [3.8, 4) is 0 Å². The fraction of sp³-hybridized carbons (Fsp3) is 0.923. The number of ether oxygens (including phenoxy) is 2. The van der Waals surface area contributed by atoms with Gasteiger partial charge in [-0.2, -0.15) is 0 Å². The number of hydrogen-bond acceptors (Lipinski definition) is 4. The van der Waals surface area contributed by atoms with Crippen molar-refractivity contribution in [2.45, 2.75) is 38.9 Å². The molecule has 5 heteroatoms. The minimum atomic E-state index is -0.408. The largest absolute Gasteiger partial charge is 0.381 e. The summed E-state index contributed by atoms with van der Waals surface area (Å²) in [6.07, 6.45) is 1.69. The predicted molar refractivity (Wildman–Crippen MR) is 68.1 cm³/mol. The highest BCUT2D eigenvalue weighted by molar-refractivity contribution is 5.83. The highest BCUT2D eigenvalue weighted by Gasteiger charge is 2.42. The van der Waals surface area contributed by atoms with Crippen molar-refractivity contribution in [3.63, 3.8) is 0 Å². The third-order valence-corrected chi connectivity index (χ3v) is 4.00. The van der Waals surface area contributed by atoms with Crippen molar-refractivity contribution in [1.82, 2.24) is 4.90 Å². The van der Waals surface area contributed by atoms with Gasteiger partial charge in [0.05, 0.1) is 17.6 Å². The molecule has 0 aromatic carbocycles. The first-order chi connectivity index (χ1) is 8.57. The Bertz CT molecular complexity index is 293. The van der Waals surface area contributed by atoms with Gasteiger partial charge in [-0.1, -0.05) is 0 Å². The third kappa shape index (κ3) is 2.68. The number of morpholine rings is 1. The average Bonchev–Trinajstić information content (AvgIpc) is 2.37. The molecule has 104 valence electrons. The summed E-state index contributed by atoms with van der Waals surface area (Å²) in [7, 11) is 0. The number of nitrogens with zero attached hydrogens (tertiary/aromatic N) is 1. The van der Waals surface area contributed by atoms with Crippen molar-refractivity contribution >= 4 is 5.91 Å². The predicted octanol–water partition coefficient (Wildman–Crippen LogP) is 0.378. The number of carbonyl (C=O) groups is 1. The van der Waals surface area contributed by atoms with Crippen LogP contribution in [0.2, 0.25) is 0 Å². The quantitative estimate of drug-likeness (QED) is 0.775. The van der Waals surface area contributed by atoms with Gasteiger partial charge in [0.15, 0.2) is 0 Å². The van der Waals surface area contributed by atoms with E-state index in [0.717, 1.165) is 12.8 Å². The zero-order valence-electron chi connectivity index (χ0n) is 11.4. The summed E-state index contributed by atoms with van der Waals surface area (Å²) < 4.78 is 11.0. The summed E-state index contributed by atoms with van der Waals surface area (Å²) in [6.45, 7) is 7.05. The summed E-state index contributed by atoms with van der Waals surface area (Å²) in [5.74, 6) is 0.190. The Kier molecular flexibility index (Phi) is 4.25. The molecule has 2 fully saturated rings. The molecular weight excluding hydrogens is 232 g/mol. The smallest absolute Gasteiger partial charge is 0.230 e. The summed E-state index contributed by atoms with van der Waals surface area (Å²) in [6, 6.07) is 0. The van der Waals surface area contributed by atoms with E-state index in [2.05, 4.69) is 0 Å². The maximum absolute atomic E-state index is 12.7. The van der Waals surface area contributed by atoms with E-state index < -0.39 is 5.41 Å². The fourth-order valence-electron chi connectivity index (χ4n) is 2.95. The van der Waals surface area contributed by atoms with Gasteiger partial charge in [-0.25, -0.2) is 0 Å². The Morgan fingerprint density at radius 3 is 2.33 bits per heavy atom. The molecule has 0 aromatic rings. The van der Waals surface area contributed by atoms with Gasteiger partial charge in [0.1, 0.15) is 0 Å². The molecule has 2 aliphatic rings. The molecule has 0 saturated carbocycles. The van der Waals surface area contributed by atoms with Gasteiger partial charge in [0, 0.05) is 32.8 Å². The zero-order valence-corrected chi connectivity index (χ0v) is 11.4. The Labute approximate surface area is 109 Å². The topological polar surface area (TPSA) is 64.8 Å². The molecule has 0 spiro atoms. The lowest BCUT2D eigenvalue weighted by atomic mass is 9.78. The first-order valence-corrected chi connectivity index (χ1v) is 6.80. The molecule has 0 aromatic heterocycles. The highest BCUT2D eigenvalue weighted by Crippen LogP contribution is 2.32. The van der Waals surface area contributed by atoms with Crippen molar-refractivity contribution < 1.29 is 14.3 Å². The molecule has 0 unspecified atom stereocenters. The molecule has 2 heterocycles. The lowest BCUT2D eigenvalue weighted by molar-refractivity contribution is -0.158. The number of hydrogen-bond donors (Lipinski definition) is 1. The lowest BCUT2D eigenvalue weighted by Gasteiger charge is -2.42. The van der Waals surface area contributed by atoms with Crippen LogP contribution in [0.1, 0.15) is 26.7 Å². The van der Waals surface area contributed by atoms with E-state index >= 15 is 0 Å². The number of rotatable bonds is 2. The Morgan fingerprint density at radius 1 is 1.28 bits per heavy atom. The molecule has 0 bridgehead atoms. The van der Waals surface area contributed by atoms with Gasteiger partial charge in [-0.15, -0.1) is 0 Å². The van der Waals surface area contributed by atoms with Gasteiger partial charge in [-0.3, -0.25) is 4.79 Å². The molecule has 2 atom stereocenters. The molecule has 1 amide bonds. The summed E-state index contributed by atoms with van der Waals surface area (Å²) in [5, 5.41) is 0. The van der Waals surface area contributed by atoms with Crippen molar-refractivity contribution in [1.29, 1.82) is 0 Å².